The summed E-state index contributed by atoms with van der Waals surface area (Å²) in [7, 11) is 1.70. The van der Waals surface area contributed by atoms with Gasteiger partial charge in [0.15, 0.2) is 0 Å². The molecule has 2 aromatic rings. The normalized spacial score (nSPS) is 24.1. The van der Waals surface area contributed by atoms with Crippen molar-refractivity contribution >= 4 is 43.6 Å². The average molecular weight is 441 g/mol. The van der Waals surface area contributed by atoms with Crippen LogP contribution in [0.1, 0.15) is 45.0 Å². The van der Waals surface area contributed by atoms with Gasteiger partial charge in [0, 0.05) is 24.0 Å². The molecule has 0 saturated carbocycles. The third-order valence-corrected chi connectivity index (χ3v) is 6.36. The molecule has 2 atom stereocenters. The van der Waals surface area contributed by atoms with Crippen molar-refractivity contribution in [1.29, 1.82) is 0 Å². The van der Waals surface area contributed by atoms with Crippen molar-refractivity contribution in [2.24, 2.45) is 0 Å². The van der Waals surface area contributed by atoms with Crippen molar-refractivity contribution in [1.82, 2.24) is 9.88 Å². The molecule has 3 rings (SSSR count). The summed E-state index contributed by atoms with van der Waals surface area (Å²) in [5.74, 6) is 0.141. The van der Waals surface area contributed by atoms with E-state index in [1.54, 1.807) is 23.3 Å². The van der Waals surface area contributed by atoms with Gasteiger partial charge < -0.3 is 14.4 Å². The molecule has 142 valence electrons. The minimum absolute atomic E-state index is 0.141. The molecular weight excluding hydrogens is 416 g/mol. The van der Waals surface area contributed by atoms with Gasteiger partial charge in [-0.2, -0.15) is 0 Å². The summed E-state index contributed by atoms with van der Waals surface area (Å²) in [6.45, 7) is 8.82. The van der Waals surface area contributed by atoms with Crippen molar-refractivity contribution in [3.8, 4) is 0 Å². The first-order valence-corrected chi connectivity index (χ1v) is 10.3. The molecule has 1 amide bonds. The highest BCUT2D eigenvalue weighted by molar-refractivity contribution is 9.10. The van der Waals surface area contributed by atoms with E-state index in [9.17, 15) is 4.79 Å². The minimum Gasteiger partial charge on any atom is -0.444 e. The number of amides is 1. The molecule has 7 heteroatoms. The molecule has 0 bridgehead atoms. The van der Waals surface area contributed by atoms with E-state index in [0.717, 1.165) is 26.1 Å². The van der Waals surface area contributed by atoms with Gasteiger partial charge in [-0.05, 0) is 52.3 Å². The molecule has 1 aliphatic rings. The summed E-state index contributed by atoms with van der Waals surface area (Å²) >= 11 is 5.21. The molecule has 0 radical (unpaired) electrons. The van der Waals surface area contributed by atoms with Gasteiger partial charge in [-0.1, -0.05) is 15.9 Å². The quantitative estimate of drug-likeness (QED) is 0.644. The van der Waals surface area contributed by atoms with Crippen LogP contribution >= 0.6 is 27.3 Å². The lowest BCUT2D eigenvalue weighted by Crippen LogP contribution is -2.54. The van der Waals surface area contributed by atoms with E-state index in [4.69, 9.17) is 14.5 Å². The Bertz CT molecular complexity index is 817. The third-order valence-electron chi connectivity index (χ3n) is 4.71. The lowest BCUT2D eigenvalue weighted by Gasteiger charge is -2.44. The lowest BCUT2D eigenvalue weighted by molar-refractivity contribution is -0.0711. The fourth-order valence-corrected chi connectivity index (χ4v) is 4.87. The summed E-state index contributed by atoms with van der Waals surface area (Å²) in [6, 6.07) is 6.15. The lowest BCUT2D eigenvalue weighted by atomic mass is 9.83. The second-order valence-electron chi connectivity index (χ2n) is 7.92. The van der Waals surface area contributed by atoms with Crippen LogP contribution in [0.15, 0.2) is 22.7 Å². The number of hydrogen-bond acceptors (Lipinski definition) is 5. The van der Waals surface area contributed by atoms with E-state index in [0.29, 0.717) is 13.1 Å². The Balaban J connectivity index is 1.84. The number of fused-ring (bicyclic) bond motifs is 1. The van der Waals surface area contributed by atoms with E-state index < -0.39 is 11.2 Å². The van der Waals surface area contributed by atoms with Crippen molar-refractivity contribution in [2.75, 3.05) is 20.2 Å². The summed E-state index contributed by atoms with van der Waals surface area (Å²) < 4.78 is 13.6. The zero-order valence-electron chi connectivity index (χ0n) is 15.8. The fraction of sp³-hybridized carbons (Fsp3) is 0.579. The topological polar surface area (TPSA) is 51.7 Å². The summed E-state index contributed by atoms with van der Waals surface area (Å²) in [4.78, 5) is 19.1. The highest BCUT2D eigenvalue weighted by atomic mass is 79.9. The molecule has 1 fully saturated rings. The first-order valence-electron chi connectivity index (χ1n) is 8.70. The molecule has 1 aromatic carbocycles. The number of hydrogen-bond donors (Lipinski definition) is 0. The Hall–Kier alpha value is -1.18. The van der Waals surface area contributed by atoms with Crippen LogP contribution in [-0.2, 0) is 9.47 Å². The smallest absolute Gasteiger partial charge is 0.410 e. The molecule has 5 nitrogen and oxygen atoms in total. The van der Waals surface area contributed by atoms with E-state index in [2.05, 4.69) is 28.9 Å². The van der Waals surface area contributed by atoms with Crippen LogP contribution in [-0.4, -0.2) is 47.4 Å². The highest BCUT2D eigenvalue weighted by Gasteiger charge is 2.44. The van der Waals surface area contributed by atoms with Crippen LogP contribution in [0, 0.1) is 0 Å². The number of thiazole rings is 1. The van der Waals surface area contributed by atoms with Gasteiger partial charge in [0.2, 0.25) is 0 Å². The van der Waals surface area contributed by atoms with E-state index in [1.807, 2.05) is 32.9 Å². The van der Waals surface area contributed by atoms with Gasteiger partial charge in [-0.3, -0.25) is 0 Å². The number of likely N-dealkylation sites (tertiary alicyclic amines) is 1. The maximum absolute atomic E-state index is 12.5. The number of carbonyl (C=O) groups excluding carboxylic acids is 1. The molecule has 0 unspecified atom stereocenters. The van der Waals surface area contributed by atoms with E-state index in [-0.39, 0.29) is 12.0 Å². The molecule has 0 spiro atoms. The summed E-state index contributed by atoms with van der Waals surface area (Å²) in [5.41, 5.74) is -0.00894. The Labute approximate surface area is 166 Å². The number of carbonyl (C=O) groups is 1. The number of nitrogens with zero attached hydrogens (tertiary/aromatic N) is 2. The van der Waals surface area contributed by atoms with Crippen molar-refractivity contribution in [3.05, 3.63) is 27.7 Å². The van der Waals surface area contributed by atoms with Gasteiger partial charge in [0.05, 0.1) is 27.4 Å². The third kappa shape index (κ3) is 4.05. The summed E-state index contributed by atoms with van der Waals surface area (Å²) in [6.07, 6.45) is 0.511. The minimum atomic E-state index is -0.502. The molecule has 2 heterocycles. The van der Waals surface area contributed by atoms with E-state index >= 15 is 0 Å². The fourth-order valence-electron chi connectivity index (χ4n) is 3.30. The Morgan fingerprint density at radius 1 is 1.42 bits per heavy atom. The molecule has 1 saturated heterocycles. The zero-order chi connectivity index (χ0) is 19.1. The van der Waals surface area contributed by atoms with Gasteiger partial charge in [-0.15, -0.1) is 11.3 Å². The van der Waals surface area contributed by atoms with Crippen LogP contribution in [0.3, 0.4) is 0 Å². The monoisotopic (exact) mass is 440 g/mol. The average Bonchev–Trinajstić information content (AvgIpc) is 2.95. The SMILES string of the molecule is CO[C@@]1(C)CN(C(=O)OC(C)(C)C)CC[C@H]1c1nc2cc(Br)ccc2s1. The second-order valence-corrected chi connectivity index (χ2v) is 9.90. The molecular formula is C19H25BrN2O3S. The Morgan fingerprint density at radius 2 is 2.15 bits per heavy atom. The van der Waals surface area contributed by atoms with Gasteiger partial charge in [0.25, 0.3) is 0 Å². The number of benzene rings is 1. The van der Waals surface area contributed by atoms with Crippen LogP contribution in [0.25, 0.3) is 10.2 Å². The van der Waals surface area contributed by atoms with Crippen LogP contribution in [0.4, 0.5) is 4.79 Å². The zero-order valence-corrected chi connectivity index (χ0v) is 18.2. The Morgan fingerprint density at radius 3 is 2.81 bits per heavy atom. The van der Waals surface area contributed by atoms with Crippen molar-refractivity contribution < 1.29 is 14.3 Å². The number of halogens is 1. The molecule has 0 N–H and O–H groups in total. The number of piperidine rings is 1. The highest BCUT2D eigenvalue weighted by Crippen LogP contribution is 2.41. The van der Waals surface area contributed by atoms with Crippen molar-refractivity contribution in [2.45, 2.75) is 51.2 Å². The van der Waals surface area contributed by atoms with Gasteiger partial charge >= 0.3 is 6.09 Å². The molecule has 1 aliphatic heterocycles. The molecule has 0 aliphatic carbocycles. The Kier molecular flexibility index (Phi) is 5.34. The number of rotatable bonds is 2. The maximum Gasteiger partial charge on any atom is 0.410 e. The maximum atomic E-state index is 12.5. The summed E-state index contributed by atoms with van der Waals surface area (Å²) in [5, 5.41) is 1.06. The van der Waals surface area contributed by atoms with Gasteiger partial charge in [0.1, 0.15) is 5.60 Å². The number of aromatic nitrogens is 1. The standard InChI is InChI=1S/C19H25BrN2O3S/c1-18(2,3)25-17(23)22-9-8-13(19(4,11-22)24-5)16-21-14-10-12(20)6-7-15(14)26-16/h6-7,10,13H,8-9,11H2,1-5H3/t13-,19-/m0/s1. The van der Waals surface area contributed by atoms with E-state index in [1.165, 1.54) is 0 Å². The second kappa shape index (κ2) is 7.09. The first kappa shape index (κ1) is 19.6. The predicted octanol–water partition coefficient (Wildman–Crippen LogP) is 5.19. The first-order chi connectivity index (χ1) is 12.1. The molecule has 1 aromatic heterocycles. The van der Waals surface area contributed by atoms with Crippen molar-refractivity contribution in [3.63, 3.8) is 0 Å². The van der Waals surface area contributed by atoms with Crippen LogP contribution in [0.5, 0.6) is 0 Å². The van der Waals surface area contributed by atoms with Crippen LogP contribution in [0.2, 0.25) is 0 Å². The predicted molar refractivity (Wildman–Crippen MR) is 108 cm³/mol. The van der Waals surface area contributed by atoms with Gasteiger partial charge in [-0.25, -0.2) is 9.78 Å². The number of methoxy groups -OCH3 is 1. The van der Waals surface area contributed by atoms with Crippen LogP contribution < -0.4 is 0 Å². The largest absolute Gasteiger partial charge is 0.444 e. The molecule has 26 heavy (non-hydrogen) atoms. The number of ether oxygens (including phenoxy) is 2.